The topological polar surface area (TPSA) is 3.24 Å². The highest BCUT2D eigenvalue weighted by Gasteiger charge is 2.36. The minimum Gasteiger partial charge on any atom is -0.310 e. The molecule has 0 unspecified atom stereocenters. The molecule has 0 atom stereocenters. The number of rotatable bonds is 8. The SMILES string of the molecule is CC(C)(C)c1cc(-c2ccc(N(c3ccc4c(c3)C(C)(C)c3ccccc3-4)c3ccc(-c4ccc(-c5cc(C6CCCCC6)cc(C6CCCCC6)c5)cc4)c4c3CCCC4)cc2)cc(C(C)(C)C)c1. The molecule has 0 aliphatic heterocycles. The van der Waals surface area contributed by atoms with Crippen molar-refractivity contribution in [3.05, 3.63) is 184 Å². The first kappa shape index (κ1) is 46.7. The zero-order valence-corrected chi connectivity index (χ0v) is 43.8. The Labute approximate surface area is 421 Å². The molecule has 358 valence electrons. The molecule has 7 aromatic carbocycles. The van der Waals surface area contributed by atoms with Gasteiger partial charge >= 0.3 is 0 Å². The van der Waals surface area contributed by atoms with E-state index in [1.165, 1.54) is 172 Å². The molecule has 4 aliphatic rings. The van der Waals surface area contributed by atoms with Gasteiger partial charge in [0.05, 0.1) is 0 Å². The lowest BCUT2D eigenvalue weighted by atomic mass is 9.78. The third-order valence-corrected chi connectivity index (χ3v) is 17.4. The van der Waals surface area contributed by atoms with E-state index in [1.54, 1.807) is 11.1 Å². The van der Waals surface area contributed by atoms with Crippen molar-refractivity contribution in [2.45, 2.75) is 173 Å². The standard InChI is InChI=1S/C69H77N/c1-67(2,3)55-42-54(43-56(44-55)68(4,5)6)49-31-33-57(34-32-49)70(58-35-36-62-61-24-17-18-26-64(61)69(7,8)65(62)45-58)66-38-37-59(60-23-15-16-25-63(60)66)50-29-27-48(28-30-50)53-40-51(46-19-11-9-12-20-46)39-52(41-53)47-21-13-10-14-22-47/h17-18,24,26-47H,9-16,19-23,25H2,1-8H3. The average molecular weight is 920 g/mol. The Morgan fingerprint density at radius 3 is 1.50 bits per heavy atom. The summed E-state index contributed by atoms with van der Waals surface area (Å²) in [5.41, 5.74) is 26.4. The molecular formula is C69H77N. The van der Waals surface area contributed by atoms with E-state index in [-0.39, 0.29) is 16.2 Å². The summed E-state index contributed by atoms with van der Waals surface area (Å²) in [6.45, 7) is 18.8. The molecule has 0 N–H and O–H groups in total. The Morgan fingerprint density at radius 2 is 0.900 bits per heavy atom. The molecule has 0 saturated heterocycles. The van der Waals surface area contributed by atoms with Crippen molar-refractivity contribution in [1.82, 2.24) is 0 Å². The third-order valence-electron chi connectivity index (χ3n) is 17.4. The van der Waals surface area contributed by atoms with Gasteiger partial charge in [0.1, 0.15) is 0 Å². The summed E-state index contributed by atoms with van der Waals surface area (Å²) in [6.07, 6.45) is 18.3. The first-order chi connectivity index (χ1) is 33.7. The van der Waals surface area contributed by atoms with Crippen LogP contribution in [0.3, 0.4) is 0 Å². The fourth-order valence-corrected chi connectivity index (χ4v) is 13.1. The lowest BCUT2D eigenvalue weighted by Crippen LogP contribution is -2.18. The van der Waals surface area contributed by atoms with Crippen molar-refractivity contribution in [2.24, 2.45) is 0 Å². The molecule has 1 nitrogen and oxygen atoms in total. The van der Waals surface area contributed by atoms with E-state index in [0.29, 0.717) is 11.8 Å². The van der Waals surface area contributed by atoms with E-state index in [0.717, 1.165) is 12.8 Å². The summed E-state index contributed by atoms with van der Waals surface area (Å²) in [5.74, 6) is 1.43. The molecule has 11 rings (SSSR count). The summed E-state index contributed by atoms with van der Waals surface area (Å²) in [4.78, 5) is 2.59. The van der Waals surface area contributed by atoms with Gasteiger partial charge in [-0.25, -0.2) is 0 Å². The van der Waals surface area contributed by atoms with Crippen molar-refractivity contribution < 1.29 is 0 Å². The van der Waals surface area contributed by atoms with Crippen LogP contribution in [-0.4, -0.2) is 0 Å². The van der Waals surface area contributed by atoms with Gasteiger partial charge in [-0.2, -0.15) is 0 Å². The molecule has 70 heavy (non-hydrogen) atoms. The van der Waals surface area contributed by atoms with Crippen LogP contribution in [0.4, 0.5) is 17.1 Å². The molecule has 0 heterocycles. The monoisotopic (exact) mass is 920 g/mol. The van der Waals surface area contributed by atoms with E-state index in [9.17, 15) is 0 Å². The van der Waals surface area contributed by atoms with Crippen LogP contribution in [0.1, 0.15) is 189 Å². The maximum absolute atomic E-state index is 2.63. The van der Waals surface area contributed by atoms with Crippen molar-refractivity contribution in [3.8, 4) is 44.5 Å². The molecule has 0 bridgehead atoms. The van der Waals surface area contributed by atoms with Crippen LogP contribution >= 0.6 is 0 Å². The Morgan fingerprint density at radius 1 is 0.400 bits per heavy atom. The minimum absolute atomic E-state index is 0.0549. The molecule has 1 heteroatoms. The first-order valence-electron chi connectivity index (χ1n) is 27.4. The van der Waals surface area contributed by atoms with E-state index in [4.69, 9.17) is 0 Å². The average Bonchev–Trinajstić information content (AvgIpc) is 3.61. The van der Waals surface area contributed by atoms with E-state index in [2.05, 4.69) is 200 Å². The van der Waals surface area contributed by atoms with E-state index in [1.807, 2.05) is 0 Å². The van der Waals surface area contributed by atoms with Gasteiger partial charge in [0.2, 0.25) is 0 Å². The summed E-state index contributed by atoms with van der Waals surface area (Å²) in [5, 5.41) is 0. The normalized spacial score (nSPS) is 17.2. The Balaban J connectivity index is 0.996. The fourth-order valence-electron chi connectivity index (χ4n) is 13.1. The lowest BCUT2D eigenvalue weighted by Gasteiger charge is -2.32. The van der Waals surface area contributed by atoms with Crippen LogP contribution in [0.2, 0.25) is 0 Å². The summed E-state index contributed by atoms with van der Waals surface area (Å²) >= 11 is 0. The number of hydrogen-bond donors (Lipinski definition) is 0. The zero-order valence-electron chi connectivity index (χ0n) is 43.8. The molecule has 0 aromatic heterocycles. The van der Waals surface area contributed by atoms with Crippen molar-refractivity contribution in [1.29, 1.82) is 0 Å². The van der Waals surface area contributed by atoms with Gasteiger partial charge in [-0.15, -0.1) is 0 Å². The summed E-state index contributed by atoms with van der Waals surface area (Å²) in [7, 11) is 0. The Bertz CT molecular complexity index is 2960. The van der Waals surface area contributed by atoms with Gasteiger partial charge in [0.25, 0.3) is 0 Å². The largest absolute Gasteiger partial charge is 0.310 e. The molecule has 0 spiro atoms. The van der Waals surface area contributed by atoms with Gasteiger partial charge in [-0.1, -0.05) is 203 Å². The highest BCUT2D eigenvalue weighted by atomic mass is 15.1. The smallest absolute Gasteiger partial charge is 0.0496 e. The first-order valence-corrected chi connectivity index (χ1v) is 27.4. The van der Waals surface area contributed by atoms with Crippen LogP contribution in [0.25, 0.3) is 44.5 Å². The van der Waals surface area contributed by atoms with Gasteiger partial charge in [0, 0.05) is 22.5 Å². The maximum Gasteiger partial charge on any atom is 0.0496 e. The zero-order chi connectivity index (χ0) is 48.4. The van der Waals surface area contributed by atoms with Gasteiger partial charge in [-0.05, 0) is 193 Å². The second-order valence-electron chi connectivity index (χ2n) is 24.5. The molecule has 0 radical (unpaired) electrons. The van der Waals surface area contributed by atoms with Crippen molar-refractivity contribution in [2.75, 3.05) is 4.90 Å². The van der Waals surface area contributed by atoms with Crippen molar-refractivity contribution >= 4 is 17.1 Å². The predicted octanol–water partition coefficient (Wildman–Crippen LogP) is 20.0. The number of hydrogen-bond acceptors (Lipinski definition) is 1. The second-order valence-corrected chi connectivity index (χ2v) is 24.5. The van der Waals surface area contributed by atoms with Crippen LogP contribution < -0.4 is 4.90 Å². The molecule has 2 saturated carbocycles. The minimum atomic E-state index is -0.0929. The van der Waals surface area contributed by atoms with Crippen LogP contribution in [0, 0.1) is 0 Å². The molecule has 7 aromatic rings. The van der Waals surface area contributed by atoms with E-state index >= 15 is 0 Å². The summed E-state index contributed by atoms with van der Waals surface area (Å²) in [6, 6.07) is 55.5. The fraction of sp³-hybridized carbons (Fsp3) is 0.391. The number of benzene rings is 7. The molecule has 4 aliphatic carbocycles. The quantitative estimate of drug-likeness (QED) is 0.147. The van der Waals surface area contributed by atoms with Gasteiger partial charge in [0.15, 0.2) is 0 Å². The molecule has 2 fully saturated rings. The van der Waals surface area contributed by atoms with Crippen LogP contribution in [0.15, 0.2) is 140 Å². The molecular weight excluding hydrogens is 843 g/mol. The Kier molecular flexibility index (Phi) is 12.3. The third kappa shape index (κ3) is 8.90. The maximum atomic E-state index is 2.63. The van der Waals surface area contributed by atoms with Gasteiger partial charge in [-0.3, -0.25) is 0 Å². The van der Waals surface area contributed by atoms with Crippen molar-refractivity contribution in [3.63, 3.8) is 0 Å². The number of fused-ring (bicyclic) bond motifs is 4. The predicted molar refractivity (Wildman–Crippen MR) is 301 cm³/mol. The van der Waals surface area contributed by atoms with Crippen LogP contribution in [0.5, 0.6) is 0 Å². The van der Waals surface area contributed by atoms with E-state index < -0.39 is 0 Å². The molecule has 0 amide bonds. The lowest BCUT2D eigenvalue weighted by molar-refractivity contribution is 0.435. The van der Waals surface area contributed by atoms with Crippen LogP contribution in [-0.2, 0) is 29.1 Å². The summed E-state index contributed by atoms with van der Waals surface area (Å²) < 4.78 is 0. The number of anilines is 3. The van der Waals surface area contributed by atoms with Gasteiger partial charge < -0.3 is 4.90 Å². The second kappa shape index (κ2) is 18.5. The highest BCUT2D eigenvalue weighted by Crippen LogP contribution is 2.52. The Hall–Kier alpha value is -5.66. The number of nitrogens with zero attached hydrogens (tertiary/aromatic N) is 1. The highest BCUT2D eigenvalue weighted by molar-refractivity contribution is 5.88.